The van der Waals surface area contributed by atoms with Crippen molar-refractivity contribution in [1.29, 1.82) is 0 Å². The van der Waals surface area contributed by atoms with Crippen LogP contribution in [-0.2, 0) is 6.42 Å². The lowest BCUT2D eigenvalue weighted by atomic mass is 10.3. The fourth-order valence-electron chi connectivity index (χ4n) is 1.39. The van der Waals surface area contributed by atoms with E-state index in [2.05, 4.69) is 11.7 Å². The largest absolute Gasteiger partial charge is 0.710 e. The van der Waals surface area contributed by atoms with E-state index in [0.29, 0.717) is 15.1 Å². The lowest BCUT2D eigenvalue weighted by Gasteiger charge is -2.05. The topological polar surface area (TPSA) is 66.8 Å². The van der Waals surface area contributed by atoms with Crippen LogP contribution >= 0.6 is 0 Å². The molecule has 0 saturated carbocycles. The van der Waals surface area contributed by atoms with E-state index in [1.165, 1.54) is 6.08 Å². The van der Waals surface area contributed by atoms with Crippen molar-refractivity contribution in [3.05, 3.63) is 53.2 Å². The van der Waals surface area contributed by atoms with Gasteiger partial charge in [0.15, 0.2) is 0 Å². The summed E-state index contributed by atoms with van der Waals surface area (Å²) in [5.41, 5.74) is 0.583. The Hall–Kier alpha value is -2.17. The third-order valence-electron chi connectivity index (χ3n) is 2.07. The number of allylic oxidation sites excluding steroid dienone is 1. The van der Waals surface area contributed by atoms with Crippen molar-refractivity contribution in [2.24, 2.45) is 0 Å². The van der Waals surface area contributed by atoms with E-state index in [1.807, 2.05) is 0 Å². The molecule has 1 aromatic carbocycles. The van der Waals surface area contributed by atoms with Gasteiger partial charge in [-0.15, -0.1) is 6.58 Å². The van der Waals surface area contributed by atoms with Gasteiger partial charge in [0.1, 0.15) is 0 Å². The van der Waals surface area contributed by atoms with E-state index in [1.54, 1.807) is 24.3 Å². The molecule has 76 valence electrons. The maximum Gasteiger partial charge on any atom is 0.380 e. The van der Waals surface area contributed by atoms with Crippen LogP contribution in [0.1, 0.15) is 5.82 Å². The Morgan fingerprint density at radius 1 is 1.27 bits per heavy atom. The average Bonchev–Trinajstić information content (AvgIpc) is 2.26. The van der Waals surface area contributed by atoms with Gasteiger partial charge in [-0.25, -0.2) is 4.73 Å². The summed E-state index contributed by atoms with van der Waals surface area (Å²) in [6.45, 7) is 3.50. The van der Waals surface area contributed by atoms with Gasteiger partial charge in [-0.3, -0.25) is 0 Å². The summed E-state index contributed by atoms with van der Waals surface area (Å²) in [5.74, 6) is 0.152. The third-order valence-corrected chi connectivity index (χ3v) is 2.07. The standard InChI is InChI=1S/C10H9N3O2/c1-2-5-10-11-13(15)9-7-4-3-6-8(9)12(10)14/h2-4,6-7H,1,5H2. The van der Waals surface area contributed by atoms with E-state index in [0.717, 1.165) is 0 Å². The molecule has 0 amide bonds. The average molecular weight is 203 g/mol. The van der Waals surface area contributed by atoms with Crippen molar-refractivity contribution in [2.75, 3.05) is 0 Å². The summed E-state index contributed by atoms with van der Waals surface area (Å²) in [7, 11) is 0. The lowest BCUT2D eigenvalue weighted by Crippen LogP contribution is -2.45. The molecular weight excluding hydrogens is 194 g/mol. The van der Waals surface area contributed by atoms with Crippen LogP contribution in [0.5, 0.6) is 0 Å². The maximum absolute atomic E-state index is 11.7. The summed E-state index contributed by atoms with van der Waals surface area (Å²) in [6, 6.07) is 6.53. The van der Waals surface area contributed by atoms with Gasteiger partial charge in [0.05, 0.1) is 11.3 Å². The van der Waals surface area contributed by atoms with Gasteiger partial charge in [0.2, 0.25) is 10.6 Å². The molecule has 1 heterocycles. The maximum atomic E-state index is 11.7. The summed E-state index contributed by atoms with van der Waals surface area (Å²) < 4.78 is 0.658. The first-order chi connectivity index (χ1) is 7.24. The minimum Gasteiger partial charge on any atom is -0.710 e. The van der Waals surface area contributed by atoms with E-state index < -0.39 is 0 Å². The molecule has 0 aliphatic heterocycles. The van der Waals surface area contributed by atoms with E-state index in [4.69, 9.17) is 0 Å². The van der Waals surface area contributed by atoms with Crippen molar-refractivity contribution in [2.45, 2.75) is 6.42 Å². The molecule has 0 fully saturated rings. The zero-order chi connectivity index (χ0) is 10.8. The van der Waals surface area contributed by atoms with Gasteiger partial charge in [-0.05, 0) is 6.07 Å². The molecule has 15 heavy (non-hydrogen) atoms. The minimum atomic E-state index is 0.152. The summed E-state index contributed by atoms with van der Waals surface area (Å²) in [4.78, 5) is 0.461. The fourth-order valence-corrected chi connectivity index (χ4v) is 1.39. The molecule has 0 N–H and O–H groups in total. The molecule has 5 nitrogen and oxygen atoms in total. The Kier molecular flexibility index (Phi) is 2.21. The van der Waals surface area contributed by atoms with Crippen LogP contribution in [0.4, 0.5) is 0 Å². The number of para-hydroxylation sites is 2. The van der Waals surface area contributed by atoms with Crippen LogP contribution in [0.3, 0.4) is 0 Å². The van der Waals surface area contributed by atoms with Crippen LogP contribution in [0.2, 0.25) is 0 Å². The van der Waals surface area contributed by atoms with Gasteiger partial charge in [-0.1, -0.05) is 18.2 Å². The summed E-state index contributed by atoms with van der Waals surface area (Å²) >= 11 is 0. The molecule has 0 bridgehead atoms. The molecule has 0 radical (unpaired) electrons. The number of hydrogen-bond acceptors (Lipinski definition) is 3. The fraction of sp³-hybridized carbons (Fsp3) is 0.100. The van der Waals surface area contributed by atoms with Crippen molar-refractivity contribution in [3.8, 4) is 0 Å². The second-order valence-electron chi connectivity index (χ2n) is 3.07. The molecule has 5 heteroatoms. The van der Waals surface area contributed by atoms with Crippen molar-refractivity contribution >= 4 is 11.0 Å². The van der Waals surface area contributed by atoms with Crippen LogP contribution in [0.25, 0.3) is 11.0 Å². The third kappa shape index (κ3) is 1.48. The van der Waals surface area contributed by atoms with Gasteiger partial charge in [-0.2, -0.15) is 0 Å². The van der Waals surface area contributed by atoms with Crippen LogP contribution in [0.15, 0.2) is 36.9 Å². The van der Waals surface area contributed by atoms with Gasteiger partial charge < -0.3 is 10.4 Å². The molecule has 0 saturated heterocycles. The molecule has 0 aliphatic carbocycles. The number of nitrogens with zero attached hydrogens (tertiary/aromatic N) is 3. The molecule has 2 rings (SSSR count). The molecular formula is C10H9N3O2. The Morgan fingerprint density at radius 3 is 2.60 bits per heavy atom. The number of benzene rings is 1. The smallest absolute Gasteiger partial charge is 0.380 e. The monoisotopic (exact) mass is 203 g/mol. The predicted molar refractivity (Wildman–Crippen MR) is 53.6 cm³/mol. The van der Waals surface area contributed by atoms with Crippen LogP contribution < -0.4 is 9.58 Å². The number of hydrogen-bond donors (Lipinski definition) is 0. The zero-order valence-electron chi connectivity index (χ0n) is 7.96. The van der Waals surface area contributed by atoms with Crippen LogP contribution in [-0.4, -0.2) is 5.10 Å². The zero-order valence-corrected chi connectivity index (χ0v) is 7.96. The quantitative estimate of drug-likeness (QED) is 0.398. The first kappa shape index (κ1) is 9.39. The van der Waals surface area contributed by atoms with Crippen molar-refractivity contribution in [1.82, 2.24) is 5.10 Å². The van der Waals surface area contributed by atoms with E-state index in [9.17, 15) is 10.4 Å². The molecule has 0 unspecified atom stereocenters. The highest BCUT2D eigenvalue weighted by molar-refractivity contribution is 5.66. The lowest BCUT2D eigenvalue weighted by molar-refractivity contribution is -0.684. The Bertz CT molecular complexity index is 525. The summed E-state index contributed by atoms with van der Waals surface area (Å²) in [5, 5.41) is 26.8. The Labute approximate surface area is 86.1 Å². The highest BCUT2D eigenvalue weighted by Gasteiger charge is 2.19. The van der Waals surface area contributed by atoms with E-state index in [-0.39, 0.29) is 17.8 Å². The van der Waals surface area contributed by atoms with E-state index >= 15 is 0 Å². The molecule has 1 aromatic heterocycles. The summed E-state index contributed by atoms with van der Waals surface area (Å²) in [6.07, 6.45) is 1.81. The molecule has 0 aliphatic rings. The van der Waals surface area contributed by atoms with Crippen molar-refractivity contribution < 1.29 is 9.58 Å². The highest BCUT2D eigenvalue weighted by Crippen LogP contribution is 2.03. The number of rotatable bonds is 2. The number of aromatic nitrogens is 3. The highest BCUT2D eigenvalue weighted by atomic mass is 16.5. The molecule has 0 spiro atoms. The minimum absolute atomic E-state index is 0.152. The normalized spacial score (nSPS) is 10.4. The first-order valence-corrected chi connectivity index (χ1v) is 4.46. The SMILES string of the molecule is C=CCc1n[n+]([O-])c2ccccc2[n+]1[O-]. The second kappa shape index (κ2) is 3.53. The van der Waals surface area contributed by atoms with Gasteiger partial charge in [0.25, 0.3) is 0 Å². The first-order valence-electron chi connectivity index (χ1n) is 4.46. The Balaban J connectivity index is 2.78. The van der Waals surface area contributed by atoms with Gasteiger partial charge >= 0.3 is 11.3 Å². The van der Waals surface area contributed by atoms with Gasteiger partial charge in [0, 0.05) is 6.07 Å². The Morgan fingerprint density at radius 2 is 1.93 bits per heavy atom. The molecule has 2 aromatic rings. The number of fused-ring (bicyclic) bond motifs is 1. The second-order valence-corrected chi connectivity index (χ2v) is 3.07. The molecule has 0 atom stereocenters. The van der Waals surface area contributed by atoms with Crippen molar-refractivity contribution in [3.63, 3.8) is 0 Å². The van der Waals surface area contributed by atoms with Crippen LogP contribution in [0, 0.1) is 10.4 Å². The predicted octanol–water partition coefficient (Wildman–Crippen LogP) is 0.230.